The molecule has 2 aromatic rings. The fourth-order valence-corrected chi connectivity index (χ4v) is 2.78. The molecule has 0 heterocycles. The summed E-state index contributed by atoms with van der Waals surface area (Å²) in [5.74, 6) is 0.239. The van der Waals surface area contributed by atoms with Crippen molar-refractivity contribution in [3.8, 4) is 17.6 Å². The molecular formula is C16H10FNO2S. The number of nitriles is 1. The highest BCUT2D eigenvalue weighted by molar-refractivity contribution is 7.80. The Balaban J connectivity index is 2.03. The van der Waals surface area contributed by atoms with E-state index < -0.39 is 5.82 Å². The zero-order chi connectivity index (χ0) is 15.0. The van der Waals surface area contributed by atoms with Crippen molar-refractivity contribution < 1.29 is 13.9 Å². The number of fused-ring (bicyclic) bond motifs is 1. The number of Topliss-reactive ketones (excluding diaryl/α,β-unsaturated/α-hetero) is 1. The van der Waals surface area contributed by atoms with Crippen LogP contribution in [0.3, 0.4) is 0 Å². The van der Waals surface area contributed by atoms with Gasteiger partial charge in [-0.3, -0.25) is 4.79 Å². The molecule has 0 unspecified atom stereocenters. The van der Waals surface area contributed by atoms with Gasteiger partial charge in [0.25, 0.3) is 0 Å². The van der Waals surface area contributed by atoms with Crippen LogP contribution in [0.1, 0.15) is 27.9 Å². The lowest BCUT2D eigenvalue weighted by Gasteiger charge is -2.11. The van der Waals surface area contributed by atoms with Gasteiger partial charge in [0.1, 0.15) is 17.3 Å². The molecule has 0 saturated heterocycles. The number of carbonyl (C=O) groups is 1. The highest BCUT2D eigenvalue weighted by Gasteiger charge is 2.25. The third-order valence-corrected chi connectivity index (χ3v) is 3.73. The average molecular weight is 299 g/mol. The van der Waals surface area contributed by atoms with Gasteiger partial charge < -0.3 is 4.74 Å². The lowest BCUT2D eigenvalue weighted by atomic mass is 10.1. The van der Waals surface area contributed by atoms with E-state index in [-0.39, 0.29) is 17.1 Å². The first-order valence-electron chi connectivity index (χ1n) is 6.35. The van der Waals surface area contributed by atoms with E-state index in [0.29, 0.717) is 29.1 Å². The van der Waals surface area contributed by atoms with Crippen molar-refractivity contribution in [2.45, 2.75) is 17.7 Å². The van der Waals surface area contributed by atoms with E-state index in [9.17, 15) is 9.18 Å². The molecule has 0 saturated carbocycles. The van der Waals surface area contributed by atoms with Gasteiger partial charge in [0.2, 0.25) is 0 Å². The Kier molecular flexibility index (Phi) is 3.40. The minimum absolute atomic E-state index is 0.0393. The monoisotopic (exact) mass is 299 g/mol. The molecule has 2 aromatic carbocycles. The molecule has 0 amide bonds. The largest absolute Gasteiger partial charge is 0.457 e. The second-order valence-electron chi connectivity index (χ2n) is 4.75. The number of halogens is 1. The van der Waals surface area contributed by atoms with Gasteiger partial charge in [0, 0.05) is 28.5 Å². The highest BCUT2D eigenvalue weighted by Crippen LogP contribution is 2.37. The van der Waals surface area contributed by atoms with Gasteiger partial charge in [-0.25, -0.2) is 4.39 Å². The molecular weight excluding hydrogens is 289 g/mol. The molecule has 3 rings (SSSR count). The summed E-state index contributed by atoms with van der Waals surface area (Å²) >= 11 is 4.29. The molecule has 0 atom stereocenters. The fraction of sp³-hybridized carbons (Fsp3) is 0.125. The summed E-state index contributed by atoms with van der Waals surface area (Å²) in [5.41, 5.74) is 1.55. The van der Waals surface area contributed by atoms with Crippen LogP contribution in [0.2, 0.25) is 0 Å². The normalized spacial score (nSPS) is 12.9. The third-order valence-electron chi connectivity index (χ3n) is 3.36. The Hall–Kier alpha value is -2.32. The molecule has 1 aliphatic rings. The molecule has 1 aliphatic carbocycles. The van der Waals surface area contributed by atoms with Gasteiger partial charge in [-0.15, -0.1) is 12.6 Å². The van der Waals surface area contributed by atoms with Crippen LogP contribution in [0.5, 0.6) is 11.5 Å². The first-order chi connectivity index (χ1) is 10.1. The van der Waals surface area contributed by atoms with Crippen LogP contribution in [-0.2, 0) is 6.42 Å². The molecule has 0 fully saturated rings. The maximum Gasteiger partial charge on any atom is 0.164 e. The van der Waals surface area contributed by atoms with E-state index in [0.717, 1.165) is 11.6 Å². The number of rotatable bonds is 2. The molecule has 0 aliphatic heterocycles. The Morgan fingerprint density at radius 2 is 2.05 bits per heavy atom. The van der Waals surface area contributed by atoms with E-state index in [1.165, 1.54) is 12.1 Å². The summed E-state index contributed by atoms with van der Waals surface area (Å²) in [7, 11) is 0. The number of carbonyl (C=O) groups excluding carboxylic acids is 1. The maximum atomic E-state index is 13.4. The van der Waals surface area contributed by atoms with Gasteiger partial charge in [-0.05, 0) is 30.7 Å². The molecule has 104 valence electrons. The van der Waals surface area contributed by atoms with E-state index in [1.54, 1.807) is 12.1 Å². The molecule has 3 nitrogen and oxygen atoms in total. The Labute approximate surface area is 126 Å². The summed E-state index contributed by atoms with van der Waals surface area (Å²) in [5, 5.41) is 8.85. The van der Waals surface area contributed by atoms with E-state index in [1.807, 2.05) is 6.07 Å². The first-order valence-corrected chi connectivity index (χ1v) is 6.80. The number of benzene rings is 2. The summed E-state index contributed by atoms with van der Waals surface area (Å²) in [6, 6.07) is 9.07. The summed E-state index contributed by atoms with van der Waals surface area (Å²) < 4.78 is 19.1. The zero-order valence-electron chi connectivity index (χ0n) is 10.9. The van der Waals surface area contributed by atoms with Crippen LogP contribution in [0, 0.1) is 17.1 Å². The Morgan fingerprint density at radius 3 is 2.81 bits per heavy atom. The molecule has 0 N–H and O–H groups in total. The van der Waals surface area contributed by atoms with E-state index >= 15 is 0 Å². The van der Waals surface area contributed by atoms with E-state index in [2.05, 4.69) is 12.6 Å². The second kappa shape index (κ2) is 5.23. The molecule has 21 heavy (non-hydrogen) atoms. The number of hydrogen-bond donors (Lipinski definition) is 1. The zero-order valence-corrected chi connectivity index (χ0v) is 11.8. The molecule has 5 heteroatoms. The van der Waals surface area contributed by atoms with Crippen LogP contribution in [0.25, 0.3) is 0 Å². The third kappa shape index (κ3) is 2.50. The van der Waals surface area contributed by atoms with Crippen LogP contribution >= 0.6 is 12.6 Å². The molecule has 0 bridgehead atoms. The van der Waals surface area contributed by atoms with Crippen molar-refractivity contribution in [1.29, 1.82) is 5.26 Å². The minimum Gasteiger partial charge on any atom is -0.457 e. The topological polar surface area (TPSA) is 50.1 Å². The predicted molar refractivity (Wildman–Crippen MR) is 77.5 cm³/mol. The van der Waals surface area contributed by atoms with Crippen LogP contribution in [0.15, 0.2) is 35.2 Å². The van der Waals surface area contributed by atoms with Crippen molar-refractivity contribution >= 4 is 18.4 Å². The summed E-state index contributed by atoms with van der Waals surface area (Å²) in [6.45, 7) is 0. The molecule has 0 spiro atoms. The number of ether oxygens (including phenoxy) is 1. The molecule has 0 aromatic heterocycles. The fourth-order valence-electron chi connectivity index (χ4n) is 2.45. The average Bonchev–Trinajstić information content (AvgIpc) is 2.84. The lowest BCUT2D eigenvalue weighted by molar-refractivity contribution is 0.0992. The first kappa shape index (κ1) is 13.7. The highest BCUT2D eigenvalue weighted by atomic mass is 32.1. The van der Waals surface area contributed by atoms with Gasteiger partial charge in [0.15, 0.2) is 5.78 Å². The van der Waals surface area contributed by atoms with Crippen LogP contribution in [-0.4, -0.2) is 5.78 Å². The van der Waals surface area contributed by atoms with Crippen molar-refractivity contribution in [2.75, 3.05) is 0 Å². The number of hydrogen-bond acceptors (Lipinski definition) is 4. The number of thiol groups is 1. The Bertz CT molecular complexity index is 796. The van der Waals surface area contributed by atoms with E-state index in [4.69, 9.17) is 10.00 Å². The van der Waals surface area contributed by atoms with Crippen molar-refractivity contribution in [3.05, 3.63) is 52.8 Å². The van der Waals surface area contributed by atoms with Gasteiger partial charge in [0.05, 0.1) is 11.6 Å². The Morgan fingerprint density at radius 1 is 1.24 bits per heavy atom. The van der Waals surface area contributed by atoms with Crippen LogP contribution < -0.4 is 4.74 Å². The number of nitrogens with zero attached hydrogens (tertiary/aromatic N) is 1. The van der Waals surface area contributed by atoms with Crippen LogP contribution in [0.4, 0.5) is 4.39 Å². The maximum absolute atomic E-state index is 13.4. The predicted octanol–water partition coefficient (Wildman–Crippen LogP) is 3.91. The minimum atomic E-state index is -0.539. The summed E-state index contributed by atoms with van der Waals surface area (Å²) in [6.07, 6.45) is 1.01. The summed E-state index contributed by atoms with van der Waals surface area (Å²) in [4.78, 5) is 12.5. The van der Waals surface area contributed by atoms with Crippen molar-refractivity contribution in [3.63, 3.8) is 0 Å². The lowest BCUT2D eigenvalue weighted by Crippen LogP contribution is -1.96. The van der Waals surface area contributed by atoms with Gasteiger partial charge >= 0.3 is 0 Å². The standard InChI is InChI=1S/C16H10FNO2S/c17-10-5-9(8-18)6-11(7-10)20-14-3-4-15(21)16-12(14)1-2-13(16)19/h3-7,21H,1-2H2. The van der Waals surface area contributed by atoms with Crippen molar-refractivity contribution in [2.24, 2.45) is 0 Å². The van der Waals surface area contributed by atoms with Gasteiger partial charge in [-0.1, -0.05) is 0 Å². The second-order valence-corrected chi connectivity index (χ2v) is 5.23. The SMILES string of the molecule is N#Cc1cc(F)cc(Oc2ccc(S)c3c2CCC3=O)c1. The van der Waals surface area contributed by atoms with Crippen molar-refractivity contribution in [1.82, 2.24) is 0 Å². The quantitative estimate of drug-likeness (QED) is 0.855. The smallest absolute Gasteiger partial charge is 0.164 e. The number of ketones is 1. The molecule has 0 radical (unpaired) electrons. The van der Waals surface area contributed by atoms with Gasteiger partial charge in [-0.2, -0.15) is 5.26 Å².